The Labute approximate surface area is 148 Å². The summed E-state index contributed by atoms with van der Waals surface area (Å²) in [4.78, 5) is 14.5. The third-order valence-corrected chi connectivity index (χ3v) is 5.52. The van der Waals surface area contributed by atoms with E-state index in [0.29, 0.717) is 11.8 Å². The van der Waals surface area contributed by atoms with E-state index in [1.54, 1.807) is 0 Å². The number of nitrogens with zero attached hydrogens (tertiary/aromatic N) is 1. The van der Waals surface area contributed by atoms with Gasteiger partial charge in [0.1, 0.15) is 5.78 Å². The Morgan fingerprint density at radius 1 is 1.08 bits per heavy atom. The van der Waals surface area contributed by atoms with Gasteiger partial charge in [0.05, 0.1) is 0 Å². The molecule has 3 atom stereocenters. The van der Waals surface area contributed by atoms with Crippen LogP contribution in [0.25, 0.3) is 0 Å². The van der Waals surface area contributed by atoms with Crippen molar-refractivity contribution >= 4 is 5.78 Å². The van der Waals surface area contributed by atoms with Crippen LogP contribution >= 0.6 is 0 Å². The van der Waals surface area contributed by atoms with Crippen molar-refractivity contribution < 1.29 is 4.79 Å². The summed E-state index contributed by atoms with van der Waals surface area (Å²) in [5.74, 6) is 0.833. The van der Waals surface area contributed by atoms with Crippen LogP contribution in [0.3, 0.4) is 0 Å². The molecule has 1 aromatic rings. The minimum Gasteiger partial charge on any atom is -0.299 e. The van der Waals surface area contributed by atoms with Gasteiger partial charge < -0.3 is 0 Å². The van der Waals surface area contributed by atoms with Crippen molar-refractivity contribution in [3.63, 3.8) is 0 Å². The Kier molecular flexibility index (Phi) is 6.25. The number of likely N-dealkylation sites (tertiary alicyclic amines) is 1. The number of piperidine rings is 1. The zero-order valence-corrected chi connectivity index (χ0v) is 16.4. The van der Waals surface area contributed by atoms with Gasteiger partial charge in [-0.05, 0) is 42.7 Å². The second-order valence-corrected chi connectivity index (χ2v) is 8.85. The van der Waals surface area contributed by atoms with E-state index in [1.807, 2.05) is 0 Å². The van der Waals surface area contributed by atoms with Gasteiger partial charge in [-0.15, -0.1) is 0 Å². The van der Waals surface area contributed by atoms with Crippen molar-refractivity contribution in [2.45, 2.75) is 72.3 Å². The van der Waals surface area contributed by atoms with Crippen molar-refractivity contribution in [2.24, 2.45) is 11.8 Å². The molecule has 0 saturated carbocycles. The molecular formula is C22H35NO. The minimum absolute atomic E-state index is 0.196. The fourth-order valence-corrected chi connectivity index (χ4v) is 3.76. The van der Waals surface area contributed by atoms with Crippen LogP contribution in [-0.2, 0) is 16.6 Å². The molecule has 1 aliphatic heterocycles. The highest BCUT2D eigenvalue weighted by Crippen LogP contribution is 2.24. The van der Waals surface area contributed by atoms with Gasteiger partial charge in [-0.25, -0.2) is 0 Å². The first-order chi connectivity index (χ1) is 11.2. The molecule has 0 aliphatic carbocycles. The molecular weight excluding hydrogens is 294 g/mol. The summed E-state index contributed by atoms with van der Waals surface area (Å²) in [5.41, 5.74) is 3.07. The highest BCUT2D eigenvalue weighted by molar-refractivity contribution is 5.83. The molecule has 0 spiro atoms. The average Bonchev–Trinajstić information content (AvgIpc) is 2.51. The van der Waals surface area contributed by atoms with Crippen LogP contribution in [0.1, 0.15) is 65.5 Å². The fraction of sp³-hybridized carbons (Fsp3) is 0.682. The summed E-state index contributed by atoms with van der Waals surface area (Å²) in [6.07, 6.45) is 3.56. The predicted molar refractivity (Wildman–Crippen MR) is 102 cm³/mol. The molecule has 3 unspecified atom stereocenters. The van der Waals surface area contributed by atoms with E-state index in [9.17, 15) is 4.79 Å². The second-order valence-electron chi connectivity index (χ2n) is 8.85. The Morgan fingerprint density at radius 3 is 2.12 bits per heavy atom. The standard InChI is InChI=1S/C22H35NO/c1-16-14-23(15-17(2)21(16)24)18(3)8-7-9-19-10-12-20(13-11-19)22(4,5)6/h10-13,16-18H,7-9,14-15H2,1-6H3. The summed E-state index contributed by atoms with van der Waals surface area (Å²) in [7, 11) is 0. The molecule has 0 amide bonds. The number of Topliss-reactive ketones (excluding diaryl/α,β-unsaturated/α-hetero) is 1. The number of hydrogen-bond acceptors (Lipinski definition) is 2. The molecule has 0 aromatic heterocycles. The quantitative estimate of drug-likeness (QED) is 0.769. The maximum atomic E-state index is 12.0. The van der Waals surface area contributed by atoms with Gasteiger partial charge in [0.2, 0.25) is 0 Å². The van der Waals surface area contributed by atoms with Crippen molar-refractivity contribution in [3.8, 4) is 0 Å². The zero-order valence-electron chi connectivity index (χ0n) is 16.4. The summed E-state index contributed by atoms with van der Waals surface area (Å²) < 4.78 is 0. The first kappa shape index (κ1) is 19.2. The van der Waals surface area contributed by atoms with E-state index >= 15 is 0 Å². The Morgan fingerprint density at radius 2 is 1.62 bits per heavy atom. The van der Waals surface area contributed by atoms with Crippen molar-refractivity contribution in [3.05, 3.63) is 35.4 Å². The predicted octanol–water partition coefficient (Wildman–Crippen LogP) is 4.85. The molecule has 0 radical (unpaired) electrons. The van der Waals surface area contributed by atoms with Crippen LogP contribution in [0.2, 0.25) is 0 Å². The van der Waals surface area contributed by atoms with E-state index in [-0.39, 0.29) is 17.3 Å². The van der Waals surface area contributed by atoms with Crippen molar-refractivity contribution in [1.29, 1.82) is 0 Å². The first-order valence-electron chi connectivity index (χ1n) is 9.55. The monoisotopic (exact) mass is 329 g/mol. The molecule has 2 rings (SSSR count). The first-order valence-corrected chi connectivity index (χ1v) is 9.55. The van der Waals surface area contributed by atoms with Gasteiger partial charge in [-0.1, -0.05) is 58.9 Å². The SMILES string of the molecule is CC1CN(C(C)CCCc2ccc(C(C)(C)C)cc2)CC(C)C1=O. The van der Waals surface area contributed by atoms with Gasteiger partial charge in [0.15, 0.2) is 0 Å². The molecule has 134 valence electrons. The number of hydrogen-bond donors (Lipinski definition) is 0. The molecule has 0 N–H and O–H groups in total. The molecule has 24 heavy (non-hydrogen) atoms. The normalized spacial score (nSPS) is 24.2. The molecule has 0 bridgehead atoms. The van der Waals surface area contributed by atoms with Gasteiger partial charge >= 0.3 is 0 Å². The van der Waals surface area contributed by atoms with E-state index in [1.165, 1.54) is 24.0 Å². The van der Waals surface area contributed by atoms with Crippen LogP contribution in [0.4, 0.5) is 0 Å². The number of rotatable bonds is 5. The zero-order chi connectivity index (χ0) is 17.9. The molecule has 1 saturated heterocycles. The van der Waals surface area contributed by atoms with Crippen LogP contribution in [-0.4, -0.2) is 29.8 Å². The van der Waals surface area contributed by atoms with Gasteiger partial charge in [-0.2, -0.15) is 0 Å². The third-order valence-electron chi connectivity index (χ3n) is 5.52. The highest BCUT2D eigenvalue weighted by Gasteiger charge is 2.31. The largest absolute Gasteiger partial charge is 0.299 e. The highest BCUT2D eigenvalue weighted by atomic mass is 16.1. The smallest absolute Gasteiger partial charge is 0.141 e. The minimum atomic E-state index is 0.196. The number of benzene rings is 1. The summed E-state index contributed by atoms with van der Waals surface area (Å²) in [5, 5.41) is 0. The lowest BCUT2D eigenvalue weighted by Crippen LogP contribution is -2.48. The van der Waals surface area contributed by atoms with Crippen LogP contribution < -0.4 is 0 Å². The molecule has 1 aliphatic rings. The Balaban J connectivity index is 1.80. The van der Waals surface area contributed by atoms with E-state index in [2.05, 4.69) is 70.7 Å². The lowest BCUT2D eigenvalue weighted by atomic mass is 9.86. The summed E-state index contributed by atoms with van der Waals surface area (Å²) >= 11 is 0. The molecule has 1 heterocycles. The summed E-state index contributed by atoms with van der Waals surface area (Å²) in [6, 6.07) is 9.69. The Hall–Kier alpha value is -1.15. The topological polar surface area (TPSA) is 20.3 Å². The van der Waals surface area contributed by atoms with Crippen molar-refractivity contribution in [2.75, 3.05) is 13.1 Å². The van der Waals surface area contributed by atoms with Crippen LogP contribution in [0.5, 0.6) is 0 Å². The number of carbonyl (C=O) groups is 1. The lowest BCUT2D eigenvalue weighted by Gasteiger charge is -2.38. The fourth-order valence-electron chi connectivity index (χ4n) is 3.76. The van der Waals surface area contributed by atoms with Crippen LogP contribution in [0, 0.1) is 11.8 Å². The van der Waals surface area contributed by atoms with Crippen molar-refractivity contribution in [1.82, 2.24) is 4.90 Å². The number of aryl methyl sites for hydroxylation is 1. The molecule has 1 fully saturated rings. The second kappa shape index (κ2) is 7.82. The maximum Gasteiger partial charge on any atom is 0.141 e. The van der Waals surface area contributed by atoms with E-state index in [4.69, 9.17) is 0 Å². The van der Waals surface area contributed by atoms with Gasteiger partial charge in [0.25, 0.3) is 0 Å². The molecule has 1 aromatic carbocycles. The third kappa shape index (κ3) is 4.92. The van der Waals surface area contributed by atoms with Crippen LogP contribution in [0.15, 0.2) is 24.3 Å². The Bertz CT molecular complexity index is 526. The maximum absolute atomic E-state index is 12.0. The molecule has 2 heteroatoms. The molecule has 2 nitrogen and oxygen atoms in total. The van der Waals surface area contributed by atoms with E-state index in [0.717, 1.165) is 19.5 Å². The van der Waals surface area contributed by atoms with E-state index < -0.39 is 0 Å². The summed E-state index contributed by atoms with van der Waals surface area (Å²) in [6.45, 7) is 15.1. The lowest BCUT2D eigenvalue weighted by molar-refractivity contribution is -0.130. The van der Waals surface area contributed by atoms with Gasteiger partial charge in [0, 0.05) is 31.0 Å². The van der Waals surface area contributed by atoms with Gasteiger partial charge in [-0.3, -0.25) is 9.69 Å². The number of ketones is 1. The average molecular weight is 330 g/mol. The number of carbonyl (C=O) groups excluding carboxylic acids is 1.